The van der Waals surface area contributed by atoms with Gasteiger partial charge in [0.05, 0.1) is 30.5 Å². The number of hydrogen-bond donors (Lipinski definition) is 2. The molecule has 2 N–H and O–H groups in total. The molecular weight excluding hydrogens is 260 g/mol. The number of aliphatic hydroxyl groups is 1. The van der Waals surface area contributed by atoms with Gasteiger partial charge in [-0.05, 0) is 13.8 Å². The summed E-state index contributed by atoms with van der Waals surface area (Å²) in [6, 6.07) is 0.222. The van der Waals surface area contributed by atoms with Gasteiger partial charge in [0.25, 0.3) is 0 Å². The van der Waals surface area contributed by atoms with Crippen molar-refractivity contribution in [3.05, 3.63) is 16.1 Å². The van der Waals surface area contributed by atoms with E-state index in [1.807, 2.05) is 19.4 Å². The van der Waals surface area contributed by atoms with E-state index in [1.165, 1.54) is 4.88 Å². The zero-order valence-corrected chi connectivity index (χ0v) is 12.4. The highest BCUT2D eigenvalue weighted by molar-refractivity contribution is 7.09. The van der Waals surface area contributed by atoms with Crippen molar-refractivity contribution in [1.29, 1.82) is 0 Å². The van der Waals surface area contributed by atoms with Crippen LogP contribution in [0.25, 0.3) is 0 Å². The molecule has 1 aromatic rings. The quantitative estimate of drug-likeness (QED) is 0.530. The van der Waals surface area contributed by atoms with E-state index >= 15 is 0 Å². The van der Waals surface area contributed by atoms with Crippen molar-refractivity contribution in [3.8, 4) is 12.3 Å². The molecule has 0 aromatic carbocycles. The predicted molar refractivity (Wildman–Crippen MR) is 78.3 cm³/mol. The van der Waals surface area contributed by atoms with Gasteiger partial charge in [-0.25, -0.2) is 4.98 Å². The number of nitrogens with one attached hydrogen (secondary N) is 1. The Bertz CT molecular complexity index is 400. The Hall–Kier alpha value is -0.930. The number of aromatic nitrogens is 1. The monoisotopic (exact) mass is 282 g/mol. The molecule has 19 heavy (non-hydrogen) atoms. The second-order valence-corrected chi connectivity index (χ2v) is 5.50. The van der Waals surface area contributed by atoms with E-state index in [9.17, 15) is 5.11 Å². The third-order valence-corrected chi connectivity index (χ3v) is 3.75. The fourth-order valence-electron chi connectivity index (χ4n) is 1.60. The summed E-state index contributed by atoms with van der Waals surface area (Å²) >= 11 is 1.64. The van der Waals surface area contributed by atoms with Crippen LogP contribution in [0, 0.1) is 19.3 Å². The molecule has 0 radical (unpaired) electrons. The number of aliphatic hydroxyl groups excluding tert-OH is 1. The lowest BCUT2D eigenvalue weighted by Gasteiger charge is -2.15. The van der Waals surface area contributed by atoms with Crippen LogP contribution in [0.5, 0.6) is 0 Å². The summed E-state index contributed by atoms with van der Waals surface area (Å²) in [6.07, 6.45) is 6.23. The summed E-state index contributed by atoms with van der Waals surface area (Å²) in [5.74, 6) is 2.58. The van der Waals surface area contributed by atoms with Crippen LogP contribution in [0.2, 0.25) is 0 Å². The van der Waals surface area contributed by atoms with Gasteiger partial charge in [0.15, 0.2) is 0 Å². The Balaban J connectivity index is 2.06. The zero-order chi connectivity index (χ0) is 14.1. The highest BCUT2D eigenvalue weighted by atomic mass is 32.1. The average molecular weight is 282 g/mol. The van der Waals surface area contributed by atoms with Gasteiger partial charge >= 0.3 is 0 Å². The number of aryl methyl sites for hydroxylation is 1. The van der Waals surface area contributed by atoms with E-state index in [0.717, 1.165) is 12.1 Å². The van der Waals surface area contributed by atoms with Gasteiger partial charge in [0.1, 0.15) is 0 Å². The number of rotatable bonds is 9. The molecule has 0 aliphatic carbocycles. The van der Waals surface area contributed by atoms with E-state index in [0.29, 0.717) is 26.2 Å². The number of terminal acetylenes is 1. The third kappa shape index (κ3) is 6.69. The third-order valence-electron chi connectivity index (χ3n) is 2.75. The largest absolute Gasteiger partial charge is 0.389 e. The summed E-state index contributed by atoms with van der Waals surface area (Å²) < 4.78 is 5.46. The van der Waals surface area contributed by atoms with Crippen molar-refractivity contribution in [1.82, 2.24) is 10.3 Å². The molecule has 0 spiro atoms. The maximum absolute atomic E-state index is 9.73. The first kappa shape index (κ1) is 16.1. The second kappa shape index (κ2) is 9.05. The molecule has 106 valence electrons. The topological polar surface area (TPSA) is 54.4 Å². The summed E-state index contributed by atoms with van der Waals surface area (Å²) in [5, 5.41) is 12.9. The first-order chi connectivity index (χ1) is 9.13. The van der Waals surface area contributed by atoms with Crippen molar-refractivity contribution in [2.24, 2.45) is 0 Å². The molecule has 1 heterocycles. The highest BCUT2D eigenvalue weighted by Gasteiger charge is 2.07. The average Bonchev–Trinajstić information content (AvgIpc) is 2.78. The minimum atomic E-state index is -0.497. The van der Waals surface area contributed by atoms with Crippen LogP contribution >= 0.6 is 11.3 Å². The summed E-state index contributed by atoms with van der Waals surface area (Å²) in [7, 11) is 0. The number of hydrogen-bond acceptors (Lipinski definition) is 5. The highest BCUT2D eigenvalue weighted by Crippen LogP contribution is 2.12. The Labute approximate surface area is 119 Å². The fourth-order valence-corrected chi connectivity index (χ4v) is 2.36. The molecule has 2 atom stereocenters. The van der Waals surface area contributed by atoms with Crippen LogP contribution in [0.4, 0.5) is 0 Å². The Morgan fingerprint density at radius 2 is 2.42 bits per heavy atom. The summed E-state index contributed by atoms with van der Waals surface area (Å²) in [6.45, 7) is 5.45. The van der Waals surface area contributed by atoms with Gasteiger partial charge in [0.2, 0.25) is 0 Å². The maximum atomic E-state index is 9.73. The molecule has 0 saturated heterocycles. The molecule has 0 bridgehead atoms. The van der Waals surface area contributed by atoms with Crippen molar-refractivity contribution < 1.29 is 9.84 Å². The number of thiazole rings is 1. The lowest BCUT2D eigenvalue weighted by molar-refractivity contribution is 0.0374. The first-order valence-corrected chi connectivity index (χ1v) is 7.33. The molecule has 4 nitrogen and oxygen atoms in total. The van der Waals surface area contributed by atoms with Crippen molar-refractivity contribution in [2.75, 3.05) is 19.8 Å². The minimum Gasteiger partial charge on any atom is -0.389 e. The Morgan fingerprint density at radius 3 is 3.05 bits per heavy atom. The van der Waals surface area contributed by atoms with Gasteiger partial charge in [-0.3, -0.25) is 0 Å². The molecular formula is C14H22N2O2S. The van der Waals surface area contributed by atoms with Crippen LogP contribution in [0.3, 0.4) is 0 Å². The molecule has 0 aliphatic rings. The fraction of sp³-hybridized carbons (Fsp3) is 0.643. The van der Waals surface area contributed by atoms with Crippen LogP contribution in [0.1, 0.15) is 23.9 Å². The van der Waals surface area contributed by atoms with E-state index in [1.54, 1.807) is 11.3 Å². The van der Waals surface area contributed by atoms with Crippen molar-refractivity contribution >= 4 is 11.3 Å². The summed E-state index contributed by atoms with van der Waals surface area (Å²) in [4.78, 5) is 5.43. The molecule has 0 aliphatic heterocycles. The number of nitrogens with zero attached hydrogens (tertiary/aromatic N) is 1. The predicted octanol–water partition coefficient (Wildman–Crippen LogP) is 1.37. The van der Waals surface area contributed by atoms with Crippen LogP contribution in [-0.2, 0) is 11.2 Å². The Kier molecular flexibility index (Phi) is 7.68. The molecule has 1 rings (SSSR count). The normalized spacial score (nSPS) is 14.0. The van der Waals surface area contributed by atoms with Crippen LogP contribution in [-0.4, -0.2) is 42.0 Å². The standard InChI is InChI=1S/C14H22N2O2S/c1-4-5-11(2)15-8-13(17)9-18-7-6-14-12(3)16-10-19-14/h1,10-11,13,15,17H,5-9H2,2-3H3. The van der Waals surface area contributed by atoms with Gasteiger partial charge in [-0.1, -0.05) is 0 Å². The van der Waals surface area contributed by atoms with E-state index in [2.05, 4.69) is 16.2 Å². The van der Waals surface area contributed by atoms with Gasteiger partial charge < -0.3 is 15.2 Å². The Morgan fingerprint density at radius 1 is 1.63 bits per heavy atom. The molecule has 1 aromatic heterocycles. The number of ether oxygens (including phenoxy) is 1. The van der Waals surface area contributed by atoms with Gasteiger partial charge in [-0.2, -0.15) is 0 Å². The smallest absolute Gasteiger partial charge is 0.0897 e. The van der Waals surface area contributed by atoms with Crippen molar-refractivity contribution in [2.45, 2.75) is 38.8 Å². The first-order valence-electron chi connectivity index (χ1n) is 6.45. The lowest BCUT2D eigenvalue weighted by atomic mass is 10.2. The summed E-state index contributed by atoms with van der Waals surface area (Å²) in [5.41, 5.74) is 2.91. The molecule has 5 heteroatoms. The van der Waals surface area contributed by atoms with Gasteiger partial charge in [-0.15, -0.1) is 23.7 Å². The van der Waals surface area contributed by atoms with Crippen molar-refractivity contribution in [3.63, 3.8) is 0 Å². The van der Waals surface area contributed by atoms with E-state index < -0.39 is 6.10 Å². The lowest BCUT2D eigenvalue weighted by Crippen LogP contribution is -2.35. The van der Waals surface area contributed by atoms with E-state index in [4.69, 9.17) is 11.2 Å². The maximum Gasteiger partial charge on any atom is 0.0897 e. The van der Waals surface area contributed by atoms with Crippen LogP contribution < -0.4 is 5.32 Å². The SMILES string of the molecule is C#CCC(C)NCC(O)COCCc1scnc1C. The van der Waals surface area contributed by atoms with Crippen LogP contribution in [0.15, 0.2) is 5.51 Å². The molecule has 0 saturated carbocycles. The van der Waals surface area contributed by atoms with Gasteiger partial charge in [0, 0.05) is 30.3 Å². The second-order valence-electron chi connectivity index (χ2n) is 4.56. The minimum absolute atomic E-state index is 0.222. The molecule has 0 fully saturated rings. The molecule has 2 unspecified atom stereocenters. The zero-order valence-electron chi connectivity index (χ0n) is 11.6. The molecule has 0 amide bonds. The van der Waals surface area contributed by atoms with E-state index in [-0.39, 0.29) is 6.04 Å².